The Morgan fingerprint density at radius 1 is 0.975 bits per heavy atom. The number of fused-ring (bicyclic) bond motifs is 1. The Balaban J connectivity index is 2.17. The minimum absolute atomic E-state index is 0.0962. The van der Waals surface area contributed by atoms with Gasteiger partial charge in [0.05, 0.1) is 17.4 Å². The van der Waals surface area contributed by atoms with Crippen LogP contribution in [0.15, 0.2) is 42.5 Å². The van der Waals surface area contributed by atoms with Crippen LogP contribution in [-0.4, -0.2) is 58.8 Å². The molecule has 0 aliphatic heterocycles. The number of rotatable bonds is 14. The highest BCUT2D eigenvalue weighted by molar-refractivity contribution is 7.99. The van der Waals surface area contributed by atoms with Crippen LogP contribution in [0.3, 0.4) is 0 Å². The third kappa shape index (κ3) is 11.5. The molecule has 2 aromatic carbocycles. The summed E-state index contributed by atoms with van der Waals surface area (Å²) in [5, 5.41) is 15.6. The molecule has 2 N–H and O–H groups in total. The first-order valence-corrected chi connectivity index (χ1v) is 15.3. The molecule has 0 unspecified atom stereocenters. The fourth-order valence-electron chi connectivity index (χ4n) is 4.07. The molecule has 0 aromatic heterocycles. The van der Waals surface area contributed by atoms with E-state index in [0.717, 1.165) is 29.2 Å². The molecule has 0 saturated heterocycles. The summed E-state index contributed by atoms with van der Waals surface area (Å²) in [5.74, 6) is -0.740. The zero-order valence-corrected chi connectivity index (χ0v) is 25.9. The second-order valence-electron chi connectivity index (χ2n) is 12.3. The van der Waals surface area contributed by atoms with E-state index in [9.17, 15) is 19.5 Å². The van der Waals surface area contributed by atoms with Gasteiger partial charge < -0.3 is 19.9 Å². The number of unbranched alkanes of at least 4 members (excludes halogenated alkanes) is 1. The van der Waals surface area contributed by atoms with E-state index in [0.29, 0.717) is 24.3 Å². The number of carbonyl (C=O) groups excluding carboxylic acids is 3. The summed E-state index contributed by atoms with van der Waals surface area (Å²) in [7, 11) is 0. The largest absolute Gasteiger partial charge is 0.463 e. The van der Waals surface area contributed by atoms with Crippen LogP contribution in [0.5, 0.6) is 0 Å². The van der Waals surface area contributed by atoms with Crippen LogP contribution < -0.4 is 5.32 Å². The van der Waals surface area contributed by atoms with Crippen molar-refractivity contribution in [3.8, 4) is 0 Å². The maximum Gasteiger partial charge on any atom is 0.329 e. The summed E-state index contributed by atoms with van der Waals surface area (Å²) >= 11 is 1.43. The monoisotopic (exact) mass is 573 g/mol. The number of ether oxygens (including phenoxy) is 2. The molecule has 1 amide bonds. The molecule has 0 fully saturated rings. The zero-order chi connectivity index (χ0) is 29.9. The maximum atomic E-state index is 13.7. The van der Waals surface area contributed by atoms with Crippen molar-refractivity contribution in [2.45, 2.75) is 91.9 Å². The summed E-state index contributed by atoms with van der Waals surface area (Å²) in [6.45, 7) is 12.7. The van der Waals surface area contributed by atoms with Gasteiger partial charge in [-0.2, -0.15) is 11.8 Å². The van der Waals surface area contributed by atoms with Crippen molar-refractivity contribution in [1.82, 2.24) is 5.32 Å². The SMILES string of the molecule is CCCC[C@H](NC(=O)[C@@H](CSC[C@@H](O)COC(=O)C(C)(C)C)Cc1cccc2ccccc12)C(=O)OC(C)(C)C. The quantitative estimate of drug-likeness (QED) is 0.280. The summed E-state index contributed by atoms with van der Waals surface area (Å²) in [6, 6.07) is 13.4. The van der Waals surface area contributed by atoms with Crippen molar-refractivity contribution in [3.05, 3.63) is 48.0 Å². The zero-order valence-electron chi connectivity index (χ0n) is 25.1. The minimum Gasteiger partial charge on any atom is -0.463 e. The second kappa shape index (κ2) is 15.4. The first-order valence-electron chi connectivity index (χ1n) is 14.1. The predicted octanol–water partition coefficient (Wildman–Crippen LogP) is 5.70. The van der Waals surface area contributed by atoms with Gasteiger partial charge in [-0.05, 0) is 70.7 Å². The van der Waals surface area contributed by atoms with Crippen molar-refractivity contribution in [2.24, 2.45) is 11.3 Å². The number of aliphatic hydroxyl groups is 1. The van der Waals surface area contributed by atoms with Gasteiger partial charge in [-0.3, -0.25) is 9.59 Å². The summed E-state index contributed by atoms with van der Waals surface area (Å²) in [6.07, 6.45) is 1.80. The van der Waals surface area contributed by atoms with Gasteiger partial charge in [0.15, 0.2) is 0 Å². The average Bonchev–Trinajstić information content (AvgIpc) is 2.87. The number of hydrogen-bond donors (Lipinski definition) is 2. The molecule has 2 rings (SSSR count). The van der Waals surface area contributed by atoms with Crippen LogP contribution in [0.25, 0.3) is 10.8 Å². The van der Waals surface area contributed by atoms with Crippen LogP contribution in [0.1, 0.15) is 73.3 Å². The minimum atomic E-state index is -0.850. The van der Waals surface area contributed by atoms with E-state index in [1.807, 2.05) is 70.2 Å². The molecule has 2 aromatic rings. The molecule has 0 aliphatic carbocycles. The molecule has 222 valence electrons. The molecular formula is C32H47NO6S. The van der Waals surface area contributed by atoms with Crippen molar-refractivity contribution >= 4 is 40.4 Å². The summed E-state index contributed by atoms with van der Waals surface area (Å²) < 4.78 is 10.8. The topological polar surface area (TPSA) is 102 Å². The van der Waals surface area contributed by atoms with E-state index >= 15 is 0 Å². The third-order valence-corrected chi connectivity index (χ3v) is 7.48. The molecule has 40 heavy (non-hydrogen) atoms. The lowest BCUT2D eigenvalue weighted by atomic mass is 9.95. The summed E-state index contributed by atoms with van der Waals surface area (Å²) in [4.78, 5) is 38.6. The number of hydrogen-bond acceptors (Lipinski definition) is 7. The van der Waals surface area contributed by atoms with Crippen LogP contribution in [-0.2, 0) is 30.3 Å². The Hall–Kier alpha value is -2.58. The molecular weight excluding hydrogens is 526 g/mol. The van der Waals surface area contributed by atoms with Gasteiger partial charge in [0.2, 0.25) is 5.91 Å². The van der Waals surface area contributed by atoms with Crippen molar-refractivity contribution in [1.29, 1.82) is 0 Å². The van der Waals surface area contributed by atoms with E-state index in [2.05, 4.69) is 5.32 Å². The van der Waals surface area contributed by atoms with E-state index in [4.69, 9.17) is 9.47 Å². The highest BCUT2D eigenvalue weighted by Gasteiger charge is 2.30. The number of carbonyl (C=O) groups is 3. The first-order chi connectivity index (χ1) is 18.7. The number of nitrogens with one attached hydrogen (secondary N) is 1. The number of esters is 2. The second-order valence-corrected chi connectivity index (χ2v) is 13.4. The lowest BCUT2D eigenvalue weighted by Crippen LogP contribution is -2.47. The van der Waals surface area contributed by atoms with E-state index in [-0.39, 0.29) is 18.5 Å². The number of aliphatic hydroxyl groups excluding tert-OH is 1. The Morgan fingerprint density at radius 2 is 1.65 bits per heavy atom. The maximum absolute atomic E-state index is 13.7. The van der Waals surface area contributed by atoms with Gasteiger partial charge in [0.25, 0.3) is 0 Å². The molecule has 0 spiro atoms. The number of benzene rings is 2. The number of thioether (sulfide) groups is 1. The molecule has 0 radical (unpaired) electrons. The highest BCUT2D eigenvalue weighted by Crippen LogP contribution is 2.24. The van der Waals surface area contributed by atoms with Crippen LogP contribution >= 0.6 is 11.8 Å². The Morgan fingerprint density at radius 3 is 2.30 bits per heavy atom. The summed E-state index contributed by atoms with van der Waals surface area (Å²) in [5.41, 5.74) is -0.255. The van der Waals surface area contributed by atoms with E-state index < -0.39 is 35.0 Å². The molecule has 0 heterocycles. The van der Waals surface area contributed by atoms with E-state index in [1.54, 1.807) is 20.8 Å². The van der Waals surface area contributed by atoms with Gasteiger partial charge in [-0.1, -0.05) is 62.2 Å². The normalized spacial score (nSPS) is 14.3. The van der Waals surface area contributed by atoms with Gasteiger partial charge in [0.1, 0.15) is 18.2 Å². The molecule has 0 bridgehead atoms. The van der Waals surface area contributed by atoms with Crippen LogP contribution in [0, 0.1) is 11.3 Å². The third-order valence-electron chi connectivity index (χ3n) is 6.22. The number of amides is 1. The van der Waals surface area contributed by atoms with E-state index in [1.165, 1.54) is 11.8 Å². The molecule has 0 aliphatic rings. The van der Waals surface area contributed by atoms with Gasteiger partial charge in [-0.15, -0.1) is 0 Å². The van der Waals surface area contributed by atoms with Crippen molar-refractivity contribution in [3.63, 3.8) is 0 Å². The Kier molecular flexibility index (Phi) is 13.0. The average molecular weight is 574 g/mol. The predicted molar refractivity (Wildman–Crippen MR) is 162 cm³/mol. The molecule has 7 nitrogen and oxygen atoms in total. The first kappa shape index (κ1) is 33.6. The fourth-order valence-corrected chi connectivity index (χ4v) is 5.12. The van der Waals surface area contributed by atoms with Gasteiger partial charge >= 0.3 is 11.9 Å². The molecule has 0 saturated carbocycles. The lowest BCUT2D eigenvalue weighted by Gasteiger charge is -2.26. The smallest absolute Gasteiger partial charge is 0.329 e. The highest BCUT2D eigenvalue weighted by atomic mass is 32.2. The molecule has 8 heteroatoms. The van der Waals surface area contributed by atoms with Gasteiger partial charge in [-0.25, -0.2) is 4.79 Å². The Labute approximate surface area is 243 Å². The lowest BCUT2D eigenvalue weighted by molar-refractivity contribution is -0.159. The Bertz CT molecular complexity index is 1120. The van der Waals surface area contributed by atoms with Crippen LogP contribution in [0.4, 0.5) is 0 Å². The van der Waals surface area contributed by atoms with Crippen molar-refractivity contribution < 1.29 is 29.0 Å². The fraction of sp³-hybridized carbons (Fsp3) is 0.594. The van der Waals surface area contributed by atoms with Crippen LogP contribution in [0.2, 0.25) is 0 Å². The van der Waals surface area contributed by atoms with Gasteiger partial charge in [0, 0.05) is 11.5 Å². The molecule has 3 atom stereocenters. The standard InChI is InChI=1S/C32H47NO6S/c1-8-9-17-27(29(36)39-32(5,6)7)33-28(35)24(18-23-15-12-14-22-13-10-11-16-26(22)23)20-40-21-25(34)19-38-30(37)31(2,3)4/h10-16,24-25,27,34H,8-9,17-21H2,1-7H3,(H,33,35)/t24-,25+,27+/m1/s1. The van der Waals surface area contributed by atoms with Crippen molar-refractivity contribution in [2.75, 3.05) is 18.1 Å².